The van der Waals surface area contributed by atoms with Gasteiger partial charge in [0.05, 0.1) is 12.7 Å². The highest BCUT2D eigenvalue weighted by atomic mass is 16.5. The minimum absolute atomic E-state index is 0.222. The van der Waals surface area contributed by atoms with Gasteiger partial charge in [0.15, 0.2) is 11.5 Å². The Morgan fingerprint density at radius 1 is 1.24 bits per heavy atom. The summed E-state index contributed by atoms with van der Waals surface area (Å²) in [7, 11) is 1.49. The highest BCUT2D eigenvalue weighted by Gasteiger charge is 2.11. The second kappa shape index (κ2) is 6.29. The van der Waals surface area contributed by atoms with Crippen molar-refractivity contribution in [3.63, 3.8) is 0 Å². The molecule has 1 unspecified atom stereocenters. The molecule has 0 aliphatic carbocycles. The third-order valence-corrected chi connectivity index (χ3v) is 2.27. The first-order valence-electron chi connectivity index (χ1n) is 5.16. The number of aliphatic hydroxyl groups excluding tert-OH is 1. The number of methoxy groups -OCH3 is 1. The van der Waals surface area contributed by atoms with Gasteiger partial charge in [0.25, 0.3) is 0 Å². The molecule has 1 rings (SSSR count). The molecule has 0 heterocycles. The van der Waals surface area contributed by atoms with Crippen LogP contribution >= 0.6 is 0 Å². The maximum absolute atomic E-state index is 9.51. The van der Waals surface area contributed by atoms with E-state index >= 15 is 0 Å². The summed E-state index contributed by atoms with van der Waals surface area (Å²) in [6.07, 6.45) is -0.632. The van der Waals surface area contributed by atoms with Crippen molar-refractivity contribution in [2.24, 2.45) is 0 Å². The highest BCUT2D eigenvalue weighted by molar-refractivity contribution is 5.52. The van der Waals surface area contributed by atoms with Crippen LogP contribution in [0.4, 0.5) is 0 Å². The van der Waals surface area contributed by atoms with Crippen molar-refractivity contribution >= 4 is 0 Å². The number of rotatable bonds is 6. The lowest BCUT2D eigenvalue weighted by Gasteiger charge is -2.12. The number of hydrogen-bond acceptors (Lipinski definition) is 6. The van der Waals surface area contributed by atoms with Gasteiger partial charge in [-0.2, -0.15) is 0 Å². The van der Waals surface area contributed by atoms with Crippen LogP contribution in [-0.2, 0) is 11.3 Å². The number of phenols is 3. The van der Waals surface area contributed by atoms with E-state index in [-0.39, 0.29) is 24.7 Å². The van der Waals surface area contributed by atoms with E-state index < -0.39 is 11.9 Å². The van der Waals surface area contributed by atoms with Crippen LogP contribution in [0.2, 0.25) is 0 Å². The molecule has 0 aliphatic heterocycles. The average molecular weight is 243 g/mol. The number of phenolic OH excluding ortho intramolecular Hbond substituents is 3. The van der Waals surface area contributed by atoms with Crippen LogP contribution in [0.15, 0.2) is 12.1 Å². The van der Waals surface area contributed by atoms with Crippen LogP contribution in [0.5, 0.6) is 17.2 Å². The van der Waals surface area contributed by atoms with Crippen molar-refractivity contribution in [2.75, 3.05) is 20.3 Å². The molecule has 0 amide bonds. The molecular weight excluding hydrogens is 226 g/mol. The Morgan fingerprint density at radius 2 is 1.94 bits per heavy atom. The van der Waals surface area contributed by atoms with Crippen molar-refractivity contribution in [3.05, 3.63) is 17.7 Å². The molecule has 0 aliphatic rings. The van der Waals surface area contributed by atoms with Gasteiger partial charge in [-0.25, -0.2) is 0 Å². The second-order valence-corrected chi connectivity index (χ2v) is 3.68. The van der Waals surface area contributed by atoms with E-state index in [9.17, 15) is 15.3 Å². The Hall–Kier alpha value is -1.50. The van der Waals surface area contributed by atoms with Gasteiger partial charge in [-0.15, -0.1) is 0 Å². The lowest BCUT2D eigenvalue weighted by molar-refractivity contribution is 0.0644. The number of aromatic hydroxyl groups is 3. The smallest absolute Gasteiger partial charge is 0.200 e. The minimum atomic E-state index is -0.632. The first kappa shape index (κ1) is 13.6. The summed E-state index contributed by atoms with van der Waals surface area (Å²) < 4.78 is 4.75. The molecule has 6 nitrogen and oxygen atoms in total. The standard InChI is InChI=1S/C11H17NO5/c1-17-6-8(13)5-12-4-7-2-3-9(14)11(16)10(7)15/h2-3,8,12-16H,4-6H2,1H3. The highest BCUT2D eigenvalue weighted by Crippen LogP contribution is 2.36. The van der Waals surface area contributed by atoms with Gasteiger partial charge in [0.1, 0.15) is 0 Å². The van der Waals surface area contributed by atoms with E-state index in [1.54, 1.807) is 0 Å². The van der Waals surface area contributed by atoms with Gasteiger partial charge in [-0.1, -0.05) is 6.07 Å². The van der Waals surface area contributed by atoms with E-state index in [4.69, 9.17) is 9.84 Å². The maximum Gasteiger partial charge on any atom is 0.200 e. The molecule has 0 aromatic heterocycles. The molecule has 96 valence electrons. The number of aliphatic hydroxyl groups is 1. The molecule has 0 radical (unpaired) electrons. The van der Waals surface area contributed by atoms with Gasteiger partial charge in [0, 0.05) is 25.8 Å². The van der Waals surface area contributed by atoms with Crippen molar-refractivity contribution in [1.82, 2.24) is 5.32 Å². The Labute approximate surface area is 99.1 Å². The molecule has 1 aromatic carbocycles. The lowest BCUT2D eigenvalue weighted by Crippen LogP contribution is -2.29. The third kappa shape index (κ3) is 3.77. The number of nitrogens with one attached hydrogen (secondary N) is 1. The molecule has 0 spiro atoms. The van der Waals surface area contributed by atoms with Gasteiger partial charge >= 0.3 is 0 Å². The number of hydrogen-bond donors (Lipinski definition) is 5. The second-order valence-electron chi connectivity index (χ2n) is 3.68. The third-order valence-electron chi connectivity index (χ3n) is 2.27. The zero-order valence-corrected chi connectivity index (χ0v) is 9.55. The summed E-state index contributed by atoms with van der Waals surface area (Å²) in [5.74, 6) is -1.27. The maximum atomic E-state index is 9.51. The SMILES string of the molecule is COCC(O)CNCc1ccc(O)c(O)c1O. The summed E-state index contributed by atoms with van der Waals surface area (Å²) in [6.45, 7) is 0.787. The van der Waals surface area contributed by atoms with E-state index in [1.165, 1.54) is 19.2 Å². The Kier molecular flexibility index (Phi) is 5.02. The lowest BCUT2D eigenvalue weighted by atomic mass is 10.1. The van der Waals surface area contributed by atoms with Gasteiger partial charge < -0.3 is 30.5 Å². The molecule has 0 fully saturated rings. The zero-order chi connectivity index (χ0) is 12.8. The Bertz CT molecular complexity index is 369. The first-order valence-corrected chi connectivity index (χ1v) is 5.16. The summed E-state index contributed by atoms with van der Waals surface area (Å²) >= 11 is 0. The van der Waals surface area contributed by atoms with Gasteiger partial charge in [0.2, 0.25) is 5.75 Å². The van der Waals surface area contributed by atoms with Crippen LogP contribution in [0.25, 0.3) is 0 Å². The quantitative estimate of drug-likeness (QED) is 0.447. The van der Waals surface area contributed by atoms with E-state index in [1.807, 2.05) is 0 Å². The molecule has 1 aromatic rings. The normalized spacial score (nSPS) is 12.6. The Morgan fingerprint density at radius 3 is 2.59 bits per heavy atom. The molecule has 5 N–H and O–H groups in total. The summed E-state index contributed by atoms with van der Waals surface area (Å²) in [5, 5.41) is 40.2. The summed E-state index contributed by atoms with van der Waals surface area (Å²) in [5.41, 5.74) is 0.435. The molecule has 0 saturated heterocycles. The number of benzene rings is 1. The van der Waals surface area contributed by atoms with Crippen molar-refractivity contribution in [1.29, 1.82) is 0 Å². The molecule has 0 saturated carbocycles. The van der Waals surface area contributed by atoms with E-state index in [2.05, 4.69) is 5.32 Å². The average Bonchev–Trinajstić information content (AvgIpc) is 2.29. The van der Waals surface area contributed by atoms with Crippen molar-refractivity contribution in [2.45, 2.75) is 12.6 Å². The molecule has 1 atom stereocenters. The van der Waals surface area contributed by atoms with Crippen LogP contribution in [0, 0.1) is 0 Å². The predicted octanol–water partition coefficient (Wildman–Crippen LogP) is -0.0997. The summed E-state index contributed by atoms with van der Waals surface area (Å²) in [6, 6.07) is 2.78. The van der Waals surface area contributed by atoms with Gasteiger partial charge in [-0.05, 0) is 6.07 Å². The van der Waals surface area contributed by atoms with Gasteiger partial charge in [-0.3, -0.25) is 0 Å². The number of ether oxygens (including phenoxy) is 1. The van der Waals surface area contributed by atoms with Crippen LogP contribution in [0.1, 0.15) is 5.56 Å². The van der Waals surface area contributed by atoms with E-state index in [0.29, 0.717) is 12.1 Å². The fraction of sp³-hybridized carbons (Fsp3) is 0.455. The molecule has 17 heavy (non-hydrogen) atoms. The zero-order valence-electron chi connectivity index (χ0n) is 9.55. The molecule has 6 heteroatoms. The monoisotopic (exact) mass is 243 g/mol. The van der Waals surface area contributed by atoms with Crippen molar-refractivity contribution < 1.29 is 25.2 Å². The van der Waals surface area contributed by atoms with E-state index in [0.717, 1.165) is 0 Å². The molecule has 0 bridgehead atoms. The van der Waals surface area contributed by atoms with Crippen LogP contribution in [0.3, 0.4) is 0 Å². The fourth-order valence-electron chi connectivity index (χ4n) is 1.38. The fourth-order valence-corrected chi connectivity index (χ4v) is 1.38. The minimum Gasteiger partial charge on any atom is -0.504 e. The summed E-state index contributed by atoms with van der Waals surface area (Å²) in [4.78, 5) is 0. The van der Waals surface area contributed by atoms with Crippen LogP contribution in [-0.4, -0.2) is 46.8 Å². The van der Waals surface area contributed by atoms with Crippen molar-refractivity contribution in [3.8, 4) is 17.2 Å². The largest absolute Gasteiger partial charge is 0.504 e. The first-order chi connectivity index (χ1) is 8.06. The molecular formula is C11H17NO5. The topological polar surface area (TPSA) is 102 Å². The predicted molar refractivity (Wildman–Crippen MR) is 61.0 cm³/mol. The van der Waals surface area contributed by atoms with Crippen LogP contribution < -0.4 is 5.32 Å². The Balaban J connectivity index is 2.50.